The quantitative estimate of drug-likeness (QED) is 0.536. The smallest absolute Gasteiger partial charge is 0.0622 e. The maximum absolute atomic E-state index is 8.50. The minimum Gasteiger partial charge on any atom is -0.394 e. The van der Waals surface area contributed by atoms with E-state index in [1.165, 1.54) is 5.57 Å². The Morgan fingerprint density at radius 1 is 1.89 bits per heavy atom. The highest BCUT2D eigenvalue weighted by Gasteiger charge is 2.05. The summed E-state index contributed by atoms with van der Waals surface area (Å²) < 4.78 is 0. The molecule has 0 radical (unpaired) electrons. The van der Waals surface area contributed by atoms with Crippen LogP contribution in [0.25, 0.3) is 0 Å². The fourth-order valence-corrected chi connectivity index (χ4v) is 0.835. The van der Waals surface area contributed by atoms with Gasteiger partial charge in [-0.05, 0) is 12.5 Å². The van der Waals surface area contributed by atoms with E-state index in [0.29, 0.717) is 6.54 Å². The molecule has 0 saturated heterocycles. The van der Waals surface area contributed by atoms with Crippen molar-refractivity contribution in [3.8, 4) is 0 Å². The van der Waals surface area contributed by atoms with Crippen molar-refractivity contribution in [2.75, 3.05) is 19.7 Å². The van der Waals surface area contributed by atoms with Gasteiger partial charge in [0.2, 0.25) is 0 Å². The first-order chi connectivity index (χ1) is 4.33. The van der Waals surface area contributed by atoms with Crippen molar-refractivity contribution < 1.29 is 5.11 Å². The molecule has 52 valence electrons. The molecule has 1 aliphatic rings. The number of hydrazine groups is 1. The average Bonchev–Trinajstić information content (AvgIpc) is 2.17. The molecular formula is C6H12N2O. The SMILES string of the molecule is CC1=CN(CCO)NC1. The summed E-state index contributed by atoms with van der Waals surface area (Å²) in [6.07, 6.45) is 2.01. The molecule has 0 aliphatic carbocycles. The highest BCUT2D eigenvalue weighted by atomic mass is 16.3. The lowest BCUT2D eigenvalue weighted by Crippen LogP contribution is -2.31. The van der Waals surface area contributed by atoms with Gasteiger partial charge in [0.25, 0.3) is 0 Å². The van der Waals surface area contributed by atoms with Crippen LogP contribution in [-0.2, 0) is 0 Å². The van der Waals surface area contributed by atoms with Gasteiger partial charge in [-0.1, -0.05) is 0 Å². The van der Waals surface area contributed by atoms with Crippen molar-refractivity contribution >= 4 is 0 Å². The maximum atomic E-state index is 8.50. The average molecular weight is 128 g/mol. The standard InChI is InChI=1S/C6H12N2O/c1-6-4-7-8(5-6)2-3-9/h5,7,9H,2-4H2,1H3. The second-order valence-electron chi connectivity index (χ2n) is 2.23. The molecule has 2 N–H and O–H groups in total. The van der Waals surface area contributed by atoms with E-state index in [9.17, 15) is 0 Å². The van der Waals surface area contributed by atoms with Gasteiger partial charge < -0.3 is 10.1 Å². The van der Waals surface area contributed by atoms with E-state index in [2.05, 4.69) is 12.3 Å². The molecule has 0 spiro atoms. The number of hydrogen-bond acceptors (Lipinski definition) is 3. The maximum Gasteiger partial charge on any atom is 0.0622 e. The van der Waals surface area contributed by atoms with Crippen LogP contribution in [0.1, 0.15) is 6.92 Å². The summed E-state index contributed by atoms with van der Waals surface area (Å²) in [6, 6.07) is 0. The summed E-state index contributed by atoms with van der Waals surface area (Å²) in [5.41, 5.74) is 4.40. The van der Waals surface area contributed by atoms with Crippen molar-refractivity contribution in [2.45, 2.75) is 6.92 Å². The number of nitrogens with one attached hydrogen (secondary N) is 1. The Kier molecular flexibility index (Phi) is 2.08. The van der Waals surface area contributed by atoms with Crippen LogP contribution in [0.5, 0.6) is 0 Å². The first kappa shape index (κ1) is 6.58. The fourth-order valence-electron chi connectivity index (χ4n) is 0.835. The van der Waals surface area contributed by atoms with E-state index in [0.717, 1.165) is 6.54 Å². The molecular weight excluding hydrogens is 116 g/mol. The van der Waals surface area contributed by atoms with Crippen LogP contribution in [0.2, 0.25) is 0 Å². The number of nitrogens with zero attached hydrogens (tertiary/aromatic N) is 1. The minimum absolute atomic E-state index is 0.205. The number of aliphatic hydroxyl groups excluding tert-OH is 1. The van der Waals surface area contributed by atoms with Gasteiger partial charge in [-0.3, -0.25) is 0 Å². The van der Waals surface area contributed by atoms with Crippen LogP contribution in [0, 0.1) is 0 Å². The monoisotopic (exact) mass is 128 g/mol. The Hall–Kier alpha value is -0.540. The first-order valence-corrected chi connectivity index (χ1v) is 3.11. The van der Waals surface area contributed by atoms with Crippen molar-refractivity contribution in [1.82, 2.24) is 10.4 Å². The van der Waals surface area contributed by atoms with Crippen LogP contribution in [0.4, 0.5) is 0 Å². The zero-order chi connectivity index (χ0) is 6.69. The molecule has 0 unspecified atom stereocenters. The lowest BCUT2D eigenvalue weighted by Gasteiger charge is -2.12. The van der Waals surface area contributed by atoms with E-state index in [-0.39, 0.29) is 6.61 Å². The number of hydrogen-bond donors (Lipinski definition) is 2. The predicted octanol–water partition coefficient (Wildman–Crippen LogP) is -0.297. The van der Waals surface area contributed by atoms with Gasteiger partial charge in [-0.15, -0.1) is 0 Å². The molecule has 1 rings (SSSR count). The van der Waals surface area contributed by atoms with Crippen LogP contribution < -0.4 is 5.43 Å². The van der Waals surface area contributed by atoms with Gasteiger partial charge in [-0.2, -0.15) is 0 Å². The summed E-state index contributed by atoms with van der Waals surface area (Å²) in [5, 5.41) is 10.4. The normalized spacial score (nSPS) is 18.4. The first-order valence-electron chi connectivity index (χ1n) is 3.11. The molecule has 1 heterocycles. The second-order valence-corrected chi connectivity index (χ2v) is 2.23. The molecule has 0 atom stereocenters. The highest BCUT2D eigenvalue weighted by Crippen LogP contribution is 2.00. The molecule has 9 heavy (non-hydrogen) atoms. The molecule has 0 saturated carbocycles. The van der Waals surface area contributed by atoms with Crippen molar-refractivity contribution in [1.29, 1.82) is 0 Å². The Morgan fingerprint density at radius 3 is 3.11 bits per heavy atom. The molecule has 0 aromatic rings. The number of β-amino-alcohol motifs (C(OH)–C–C–N with tert-alkyl or cyclic N) is 1. The molecule has 0 amide bonds. The van der Waals surface area contributed by atoms with Gasteiger partial charge in [0.05, 0.1) is 13.2 Å². The van der Waals surface area contributed by atoms with Gasteiger partial charge in [0.15, 0.2) is 0 Å². The highest BCUT2D eigenvalue weighted by molar-refractivity contribution is 5.03. The van der Waals surface area contributed by atoms with Crippen molar-refractivity contribution in [2.24, 2.45) is 0 Å². The van der Waals surface area contributed by atoms with E-state index in [4.69, 9.17) is 5.11 Å². The van der Waals surface area contributed by atoms with Gasteiger partial charge in [0.1, 0.15) is 0 Å². The van der Waals surface area contributed by atoms with Gasteiger partial charge >= 0.3 is 0 Å². The second kappa shape index (κ2) is 2.85. The summed E-state index contributed by atoms with van der Waals surface area (Å²) in [6.45, 7) is 3.86. The molecule has 1 aliphatic heterocycles. The van der Waals surface area contributed by atoms with Crippen LogP contribution >= 0.6 is 0 Å². The number of aliphatic hydroxyl groups is 1. The third-order valence-corrected chi connectivity index (χ3v) is 1.28. The lowest BCUT2D eigenvalue weighted by molar-refractivity contribution is 0.210. The van der Waals surface area contributed by atoms with Crippen LogP contribution in [0.15, 0.2) is 11.8 Å². The van der Waals surface area contributed by atoms with E-state index in [1.54, 1.807) is 0 Å². The summed E-state index contributed by atoms with van der Waals surface area (Å²) >= 11 is 0. The molecule has 0 aromatic heterocycles. The topological polar surface area (TPSA) is 35.5 Å². The third kappa shape index (κ3) is 1.69. The van der Waals surface area contributed by atoms with Crippen LogP contribution in [0.3, 0.4) is 0 Å². The Morgan fingerprint density at radius 2 is 2.67 bits per heavy atom. The Bertz CT molecular complexity index is 122. The van der Waals surface area contributed by atoms with E-state index in [1.807, 2.05) is 11.2 Å². The van der Waals surface area contributed by atoms with Gasteiger partial charge in [0, 0.05) is 12.7 Å². The molecule has 3 nitrogen and oxygen atoms in total. The third-order valence-electron chi connectivity index (χ3n) is 1.28. The summed E-state index contributed by atoms with van der Waals surface area (Å²) in [4.78, 5) is 0. The molecule has 0 bridgehead atoms. The molecule has 3 heteroatoms. The fraction of sp³-hybridized carbons (Fsp3) is 0.667. The zero-order valence-corrected chi connectivity index (χ0v) is 5.59. The summed E-state index contributed by atoms with van der Waals surface area (Å²) in [7, 11) is 0. The van der Waals surface area contributed by atoms with Crippen LogP contribution in [-0.4, -0.2) is 29.8 Å². The van der Waals surface area contributed by atoms with Gasteiger partial charge in [-0.25, -0.2) is 5.43 Å². The molecule has 0 fully saturated rings. The van der Waals surface area contributed by atoms with E-state index < -0.39 is 0 Å². The van der Waals surface area contributed by atoms with E-state index >= 15 is 0 Å². The molecule has 0 aromatic carbocycles. The summed E-state index contributed by atoms with van der Waals surface area (Å²) in [5.74, 6) is 0. The largest absolute Gasteiger partial charge is 0.394 e. The Labute approximate surface area is 54.9 Å². The lowest BCUT2D eigenvalue weighted by atomic mass is 10.4. The number of rotatable bonds is 2. The van der Waals surface area contributed by atoms with Crippen molar-refractivity contribution in [3.63, 3.8) is 0 Å². The van der Waals surface area contributed by atoms with Crippen molar-refractivity contribution in [3.05, 3.63) is 11.8 Å². The zero-order valence-electron chi connectivity index (χ0n) is 5.59. The Balaban J connectivity index is 2.29. The minimum atomic E-state index is 0.205. The predicted molar refractivity (Wildman–Crippen MR) is 35.6 cm³/mol.